The molecule has 0 unspecified atom stereocenters. The van der Waals surface area contributed by atoms with Gasteiger partial charge in [0.15, 0.2) is 0 Å². The fourth-order valence-corrected chi connectivity index (χ4v) is 5.00. The van der Waals surface area contributed by atoms with Crippen LogP contribution in [-0.2, 0) is 14.8 Å². The van der Waals surface area contributed by atoms with Crippen molar-refractivity contribution in [3.8, 4) is 0 Å². The van der Waals surface area contributed by atoms with E-state index in [2.05, 4.69) is 15.2 Å². The third kappa shape index (κ3) is 5.88. The number of hydrogen-bond donors (Lipinski definition) is 1. The molecule has 27 heavy (non-hydrogen) atoms. The molecule has 2 aliphatic rings. The summed E-state index contributed by atoms with van der Waals surface area (Å²) in [6, 6.07) is 3.36. The van der Waals surface area contributed by atoms with Crippen LogP contribution in [0.5, 0.6) is 0 Å². The van der Waals surface area contributed by atoms with Gasteiger partial charge in [0.2, 0.25) is 10.0 Å². The van der Waals surface area contributed by atoms with Gasteiger partial charge in [0.1, 0.15) is 10.7 Å². The maximum Gasteiger partial charge on any atom is 0.244 e. The minimum atomic E-state index is -3.45. The smallest absolute Gasteiger partial charge is 0.244 e. The minimum Gasteiger partial charge on any atom is -0.376 e. The van der Waals surface area contributed by atoms with Crippen LogP contribution in [0.15, 0.2) is 23.2 Å². The SMILES string of the molecule is CN1CCN(S(=O)(=O)c2ccc(NCCOC3CCCCCC3)nc2)CC1. The van der Waals surface area contributed by atoms with Gasteiger partial charge in [0.05, 0.1) is 12.7 Å². The average Bonchev–Trinajstić information content (AvgIpc) is 2.95. The van der Waals surface area contributed by atoms with Gasteiger partial charge >= 0.3 is 0 Å². The van der Waals surface area contributed by atoms with Crippen molar-refractivity contribution in [3.05, 3.63) is 18.3 Å². The molecule has 1 aromatic rings. The van der Waals surface area contributed by atoms with Crippen molar-refractivity contribution in [3.63, 3.8) is 0 Å². The molecule has 1 saturated heterocycles. The minimum absolute atomic E-state index is 0.257. The molecule has 7 nitrogen and oxygen atoms in total. The summed E-state index contributed by atoms with van der Waals surface area (Å²) in [5.74, 6) is 0.678. The number of pyridine rings is 1. The Hall–Kier alpha value is -1.22. The van der Waals surface area contributed by atoms with E-state index in [9.17, 15) is 8.42 Å². The Kier molecular flexibility index (Phi) is 7.46. The van der Waals surface area contributed by atoms with Gasteiger partial charge in [-0.05, 0) is 32.0 Å². The van der Waals surface area contributed by atoms with Gasteiger partial charge in [-0.2, -0.15) is 4.31 Å². The van der Waals surface area contributed by atoms with Crippen molar-refractivity contribution in [2.24, 2.45) is 0 Å². The number of ether oxygens (including phenoxy) is 1. The molecule has 152 valence electrons. The van der Waals surface area contributed by atoms with Gasteiger partial charge in [-0.3, -0.25) is 0 Å². The Morgan fingerprint density at radius 3 is 2.44 bits per heavy atom. The summed E-state index contributed by atoms with van der Waals surface area (Å²) in [7, 11) is -1.45. The standard InChI is InChI=1S/C19H32N4O3S/c1-22-11-13-23(14-12-22)27(24,25)18-8-9-19(21-16-18)20-10-15-26-17-6-4-2-3-5-7-17/h8-9,16-17H,2-7,10-15H2,1H3,(H,20,21). The first-order chi connectivity index (χ1) is 13.1. The summed E-state index contributed by atoms with van der Waals surface area (Å²) < 4.78 is 32.9. The van der Waals surface area contributed by atoms with Crippen LogP contribution in [0.1, 0.15) is 38.5 Å². The van der Waals surface area contributed by atoms with E-state index in [1.807, 2.05) is 7.05 Å². The molecule has 0 atom stereocenters. The Morgan fingerprint density at radius 2 is 1.81 bits per heavy atom. The Morgan fingerprint density at radius 1 is 1.11 bits per heavy atom. The van der Waals surface area contributed by atoms with Crippen molar-refractivity contribution in [1.82, 2.24) is 14.2 Å². The van der Waals surface area contributed by atoms with Crippen molar-refractivity contribution >= 4 is 15.8 Å². The van der Waals surface area contributed by atoms with Crippen molar-refractivity contribution < 1.29 is 13.2 Å². The lowest BCUT2D eigenvalue weighted by Gasteiger charge is -2.31. The Bertz CT molecular complexity index is 665. The van der Waals surface area contributed by atoms with Crippen LogP contribution >= 0.6 is 0 Å². The van der Waals surface area contributed by atoms with Crippen LogP contribution in [0, 0.1) is 0 Å². The molecule has 2 fully saturated rings. The molecule has 2 heterocycles. The molecule has 0 amide bonds. The van der Waals surface area contributed by atoms with Crippen LogP contribution in [0.3, 0.4) is 0 Å². The zero-order valence-electron chi connectivity index (χ0n) is 16.3. The van der Waals surface area contributed by atoms with Gasteiger partial charge in [-0.1, -0.05) is 25.7 Å². The summed E-state index contributed by atoms with van der Waals surface area (Å²) in [5, 5.41) is 3.21. The molecule has 1 saturated carbocycles. The molecule has 0 spiro atoms. The lowest BCUT2D eigenvalue weighted by Crippen LogP contribution is -2.47. The molecule has 3 rings (SSSR count). The summed E-state index contributed by atoms with van der Waals surface area (Å²) in [6.07, 6.45) is 9.34. The topological polar surface area (TPSA) is 74.8 Å². The number of aromatic nitrogens is 1. The van der Waals surface area contributed by atoms with Crippen LogP contribution in [0.2, 0.25) is 0 Å². The van der Waals surface area contributed by atoms with Crippen LogP contribution < -0.4 is 5.32 Å². The third-order valence-electron chi connectivity index (χ3n) is 5.40. The maximum absolute atomic E-state index is 12.7. The van der Waals surface area contributed by atoms with E-state index in [0.717, 1.165) is 25.9 Å². The second-order valence-corrected chi connectivity index (χ2v) is 9.44. The van der Waals surface area contributed by atoms with Crippen molar-refractivity contribution in [2.75, 3.05) is 51.7 Å². The zero-order chi connectivity index (χ0) is 19.1. The highest BCUT2D eigenvalue weighted by atomic mass is 32.2. The van der Waals surface area contributed by atoms with Gasteiger partial charge < -0.3 is 15.0 Å². The quantitative estimate of drug-likeness (QED) is 0.562. The monoisotopic (exact) mass is 396 g/mol. The summed E-state index contributed by atoms with van der Waals surface area (Å²) in [5.41, 5.74) is 0. The normalized spacial score (nSPS) is 21.1. The number of rotatable bonds is 7. The van der Waals surface area contributed by atoms with E-state index in [4.69, 9.17) is 4.74 Å². The fraction of sp³-hybridized carbons (Fsp3) is 0.737. The fourth-order valence-electron chi connectivity index (χ4n) is 3.63. The highest BCUT2D eigenvalue weighted by Crippen LogP contribution is 2.20. The number of piperazine rings is 1. The molecule has 1 N–H and O–H groups in total. The number of nitrogens with one attached hydrogen (secondary N) is 1. The molecule has 0 radical (unpaired) electrons. The van der Waals surface area contributed by atoms with Crippen LogP contribution in [0.4, 0.5) is 5.82 Å². The molecular formula is C19H32N4O3S. The highest BCUT2D eigenvalue weighted by Gasteiger charge is 2.27. The molecule has 1 aromatic heterocycles. The molecule has 0 aromatic carbocycles. The van der Waals surface area contributed by atoms with E-state index >= 15 is 0 Å². The zero-order valence-corrected chi connectivity index (χ0v) is 17.1. The number of sulfonamides is 1. The van der Waals surface area contributed by atoms with Crippen LogP contribution in [-0.4, -0.2) is 75.1 Å². The number of nitrogens with zero attached hydrogens (tertiary/aromatic N) is 3. The molecule has 1 aliphatic carbocycles. The predicted octanol–water partition coefficient (Wildman–Crippen LogP) is 2.17. The number of hydrogen-bond acceptors (Lipinski definition) is 6. The predicted molar refractivity (Wildman–Crippen MR) is 106 cm³/mol. The Balaban J connectivity index is 1.45. The van der Waals surface area contributed by atoms with Gasteiger partial charge in [0, 0.05) is 38.9 Å². The second kappa shape index (κ2) is 9.82. The largest absolute Gasteiger partial charge is 0.376 e. The highest BCUT2D eigenvalue weighted by molar-refractivity contribution is 7.89. The van der Waals surface area contributed by atoms with Gasteiger partial charge in [0.25, 0.3) is 0 Å². The number of likely N-dealkylation sites (N-methyl/N-ethyl adjacent to an activating group) is 1. The van der Waals surface area contributed by atoms with Gasteiger partial charge in [-0.25, -0.2) is 13.4 Å². The summed E-state index contributed by atoms with van der Waals surface area (Å²) >= 11 is 0. The lowest BCUT2D eigenvalue weighted by atomic mass is 10.1. The summed E-state index contributed by atoms with van der Waals surface area (Å²) in [4.78, 5) is 6.66. The molecule has 1 aliphatic heterocycles. The second-order valence-electron chi connectivity index (χ2n) is 7.50. The van der Waals surface area contributed by atoms with Crippen molar-refractivity contribution in [2.45, 2.75) is 49.5 Å². The maximum atomic E-state index is 12.7. The van der Waals surface area contributed by atoms with E-state index in [1.165, 1.54) is 36.2 Å². The lowest BCUT2D eigenvalue weighted by molar-refractivity contribution is 0.0501. The van der Waals surface area contributed by atoms with E-state index in [1.54, 1.807) is 12.1 Å². The molecular weight excluding hydrogens is 364 g/mol. The first-order valence-electron chi connectivity index (χ1n) is 10.1. The van der Waals surface area contributed by atoms with E-state index in [-0.39, 0.29) is 4.90 Å². The summed E-state index contributed by atoms with van der Waals surface area (Å²) in [6.45, 7) is 3.89. The molecule has 0 bridgehead atoms. The van der Waals surface area contributed by atoms with E-state index in [0.29, 0.717) is 38.2 Å². The molecule has 8 heteroatoms. The van der Waals surface area contributed by atoms with E-state index < -0.39 is 10.0 Å². The first kappa shape index (κ1) is 20.5. The third-order valence-corrected chi connectivity index (χ3v) is 7.28. The van der Waals surface area contributed by atoms with Crippen molar-refractivity contribution in [1.29, 1.82) is 0 Å². The first-order valence-corrected chi connectivity index (χ1v) is 11.5. The number of anilines is 1. The van der Waals surface area contributed by atoms with Gasteiger partial charge in [-0.15, -0.1) is 0 Å². The van der Waals surface area contributed by atoms with Crippen LogP contribution in [0.25, 0.3) is 0 Å². The Labute approximate surface area is 163 Å². The average molecular weight is 397 g/mol.